The van der Waals surface area contributed by atoms with Gasteiger partial charge in [0.25, 0.3) is 0 Å². The van der Waals surface area contributed by atoms with Crippen LogP contribution in [-0.4, -0.2) is 12.2 Å². The summed E-state index contributed by atoms with van der Waals surface area (Å²) in [6, 6.07) is 4.16. The van der Waals surface area contributed by atoms with E-state index in [1.165, 1.54) is 17.5 Å². The monoisotopic (exact) mass is 204 g/mol. The van der Waals surface area contributed by atoms with Gasteiger partial charge in [-0.25, -0.2) is 0 Å². The first kappa shape index (κ1) is 9.22. The van der Waals surface area contributed by atoms with Crippen LogP contribution in [0.2, 0.25) is 0 Å². The molecule has 0 bridgehead atoms. The summed E-state index contributed by atoms with van der Waals surface area (Å²) in [6.45, 7) is 0. The second-order valence-electron chi connectivity index (χ2n) is 4.67. The van der Waals surface area contributed by atoms with E-state index in [0.29, 0.717) is 0 Å². The van der Waals surface area contributed by atoms with Crippen LogP contribution in [0.15, 0.2) is 12.1 Å². The molecule has 0 amide bonds. The van der Waals surface area contributed by atoms with E-state index < -0.39 is 5.60 Å². The molecule has 80 valence electrons. The van der Waals surface area contributed by atoms with Gasteiger partial charge >= 0.3 is 0 Å². The Kier molecular flexibility index (Phi) is 1.84. The maximum absolute atomic E-state index is 10.3. The lowest BCUT2D eigenvalue weighted by Crippen LogP contribution is -2.10. The number of rotatable bonds is 2. The smallest absolute Gasteiger partial charge is 0.125 e. The van der Waals surface area contributed by atoms with Crippen molar-refractivity contribution in [2.24, 2.45) is 0 Å². The predicted molar refractivity (Wildman–Crippen MR) is 58.1 cm³/mol. The summed E-state index contributed by atoms with van der Waals surface area (Å²) >= 11 is 0. The van der Waals surface area contributed by atoms with E-state index in [1.807, 2.05) is 6.07 Å². The maximum Gasteiger partial charge on any atom is 0.125 e. The van der Waals surface area contributed by atoms with Gasteiger partial charge in [-0.05, 0) is 49.3 Å². The second kappa shape index (κ2) is 2.99. The molecule has 2 aliphatic carbocycles. The first-order valence-corrected chi connectivity index (χ1v) is 5.66. The molecule has 1 aromatic carbocycles. The van der Waals surface area contributed by atoms with Crippen molar-refractivity contribution in [3.63, 3.8) is 0 Å². The van der Waals surface area contributed by atoms with Gasteiger partial charge in [-0.2, -0.15) is 0 Å². The average molecular weight is 204 g/mol. The molecule has 15 heavy (non-hydrogen) atoms. The van der Waals surface area contributed by atoms with Crippen LogP contribution in [0, 0.1) is 0 Å². The minimum absolute atomic E-state index is 0.568. The van der Waals surface area contributed by atoms with Gasteiger partial charge in [0.15, 0.2) is 0 Å². The van der Waals surface area contributed by atoms with Gasteiger partial charge in [-0.15, -0.1) is 0 Å². The van der Waals surface area contributed by atoms with Gasteiger partial charge in [0.2, 0.25) is 0 Å². The molecule has 2 aliphatic rings. The van der Waals surface area contributed by atoms with Gasteiger partial charge in [-0.1, -0.05) is 6.07 Å². The first-order valence-electron chi connectivity index (χ1n) is 5.66. The number of benzene rings is 1. The Morgan fingerprint density at radius 1 is 1.27 bits per heavy atom. The lowest BCUT2D eigenvalue weighted by Gasteiger charge is -2.17. The van der Waals surface area contributed by atoms with Crippen molar-refractivity contribution in [3.8, 4) is 5.75 Å². The highest BCUT2D eigenvalue weighted by molar-refractivity contribution is 5.52. The summed E-state index contributed by atoms with van der Waals surface area (Å²) in [7, 11) is 1.69. The summed E-state index contributed by atoms with van der Waals surface area (Å²) in [4.78, 5) is 0. The highest BCUT2D eigenvalue weighted by Crippen LogP contribution is 2.51. The standard InChI is InChI=1S/C13H16O2/c1-15-11-6-5-9-3-2-4-10(9)12(11)13(14)7-8-13/h5-6,14H,2-4,7-8H2,1H3. The third-order valence-corrected chi connectivity index (χ3v) is 3.65. The largest absolute Gasteiger partial charge is 0.496 e. The van der Waals surface area contributed by atoms with Crippen LogP contribution in [-0.2, 0) is 18.4 Å². The minimum atomic E-state index is -0.568. The molecule has 1 aromatic rings. The zero-order valence-electron chi connectivity index (χ0n) is 9.05. The van der Waals surface area contributed by atoms with Crippen LogP contribution in [0.3, 0.4) is 0 Å². The molecule has 2 nitrogen and oxygen atoms in total. The Labute approximate surface area is 89.9 Å². The van der Waals surface area contributed by atoms with E-state index >= 15 is 0 Å². The molecule has 1 N–H and O–H groups in total. The number of ether oxygens (including phenoxy) is 1. The molecular weight excluding hydrogens is 188 g/mol. The summed E-state index contributed by atoms with van der Waals surface area (Å²) < 4.78 is 5.38. The molecule has 0 radical (unpaired) electrons. The van der Waals surface area contributed by atoms with Crippen LogP contribution in [0.5, 0.6) is 5.75 Å². The number of hydrogen-bond donors (Lipinski definition) is 1. The Hall–Kier alpha value is -1.02. The number of aliphatic hydroxyl groups is 1. The molecule has 0 spiro atoms. The van der Waals surface area contributed by atoms with E-state index in [0.717, 1.165) is 37.0 Å². The summed E-state index contributed by atoms with van der Waals surface area (Å²) in [5.74, 6) is 0.871. The maximum atomic E-state index is 10.3. The van der Waals surface area contributed by atoms with Gasteiger partial charge in [0.05, 0.1) is 12.7 Å². The molecule has 3 rings (SSSR count). The Balaban J connectivity index is 2.19. The summed E-state index contributed by atoms with van der Waals surface area (Å²) in [5, 5.41) is 10.3. The van der Waals surface area contributed by atoms with Crippen molar-refractivity contribution in [2.45, 2.75) is 37.7 Å². The highest BCUT2D eigenvalue weighted by Gasteiger charge is 2.46. The third-order valence-electron chi connectivity index (χ3n) is 3.65. The quantitative estimate of drug-likeness (QED) is 0.800. The van der Waals surface area contributed by atoms with Gasteiger partial charge in [0.1, 0.15) is 5.75 Å². The fourth-order valence-corrected chi connectivity index (χ4v) is 2.69. The van der Waals surface area contributed by atoms with Crippen molar-refractivity contribution in [2.75, 3.05) is 7.11 Å². The lowest BCUT2D eigenvalue weighted by atomic mass is 9.96. The molecule has 2 heteroatoms. The summed E-state index contributed by atoms with van der Waals surface area (Å²) in [6.07, 6.45) is 5.25. The second-order valence-corrected chi connectivity index (χ2v) is 4.67. The zero-order chi connectivity index (χ0) is 10.5. The van der Waals surface area contributed by atoms with E-state index in [1.54, 1.807) is 7.11 Å². The van der Waals surface area contributed by atoms with Crippen LogP contribution in [0.25, 0.3) is 0 Å². The van der Waals surface area contributed by atoms with Crippen molar-refractivity contribution in [1.82, 2.24) is 0 Å². The van der Waals surface area contributed by atoms with Crippen molar-refractivity contribution < 1.29 is 9.84 Å². The van der Waals surface area contributed by atoms with E-state index in [2.05, 4.69) is 6.07 Å². The number of aryl methyl sites for hydroxylation is 1. The van der Waals surface area contributed by atoms with Crippen molar-refractivity contribution in [3.05, 3.63) is 28.8 Å². The van der Waals surface area contributed by atoms with Gasteiger partial charge in [0, 0.05) is 5.56 Å². The van der Waals surface area contributed by atoms with Crippen molar-refractivity contribution in [1.29, 1.82) is 0 Å². The fraction of sp³-hybridized carbons (Fsp3) is 0.538. The molecule has 0 aromatic heterocycles. The molecule has 0 atom stereocenters. The number of methoxy groups -OCH3 is 1. The normalized spacial score (nSPS) is 21.2. The van der Waals surface area contributed by atoms with Crippen LogP contribution < -0.4 is 4.74 Å². The van der Waals surface area contributed by atoms with Crippen LogP contribution in [0.1, 0.15) is 36.0 Å². The predicted octanol–water partition coefficient (Wildman–Crippen LogP) is 2.17. The van der Waals surface area contributed by atoms with Crippen LogP contribution >= 0.6 is 0 Å². The van der Waals surface area contributed by atoms with Gasteiger partial charge in [-0.3, -0.25) is 0 Å². The minimum Gasteiger partial charge on any atom is -0.496 e. The number of fused-ring (bicyclic) bond motifs is 1. The Morgan fingerprint density at radius 2 is 2.07 bits per heavy atom. The molecule has 0 aliphatic heterocycles. The molecule has 0 heterocycles. The van der Waals surface area contributed by atoms with E-state index in [4.69, 9.17) is 4.74 Å². The van der Waals surface area contributed by atoms with Crippen molar-refractivity contribution >= 4 is 0 Å². The van der Waals surface area contributed by atoms with E-state index in [-0.39, 0.29) is 0 Å². The molecule has 1 fully saturated rings. The Bertz CT molecular complexity index is 405. The molecular formula is C13H16O2. The highest BCUT2D eigenvalue weighted by atomic mass is 16.5. The Morgan fingerprint density at radius 3 is 2.73 bits per heavy atom. The zero-order valence-corrected chi connectivity index (χ0v) is 9.05. The lowest BCUT2D eigenvalue weighted by molar-refractivity contribution is 0.146. The average Bonchev–Trinajstić information content (AvgIpc) is 2.82. The molecule has 0 unspecified atom stereocenters. The SMILES string of the molecule is COc1ccc2c(c1C1(O)CC1)CCC2. The third kappa shape index (κ3) is 1.28. The summed E-state index contributed by atoms with van der Waals surface area (Å²) in [5.41, 5.74) is 3.28. The topological polar surface area (TPSA) is 29.5 Å². The number of hydrogen-bond acceptors (Lipinski definition) is 2. The van der Waals surface area contributed by atoms with E-state index in [9.17, 15) is 5.11 Å². The van der Waals surface area contributed by atoms with Crippen LogP contribution in [0.4, 0.5) is 0 Å². The van der Waals surface area contributed by atoms with Gasteiger partial charge < -0.3 is 9.84 Å². The first-order chi connectivity index (χ1) is 7.24. The molecule has 0 saturated heterocycles. The fourth-order valence-electron chi connectivity index (χ4n) is 2.69. The molecule has 1 saturated carbocycles.